The van der Waals surface area contributed by atoms with Crippen LogP contribution in [0.5, 0.6) is 0 Å². The zero-order valence-corrected chi connectivity index (χ0v) is 19.1. The van der Waals surface area contributed by atoms with Crippen LogP contribution < -0.4 is 10.6 Å². The van der Waals surface area contributed by atoms with Crippen molar-refractivity contribution in [1.82, 2.24) is 19.7 Å². The van der Waals surface area contributed by atoms with Crippen LogP contribution in [0.4, 0.5) is 5.82 Å². The first-order valence-electron chi connectivity index (χ1n) is 11.6. The summed E-state index contributed by atoms with van der Waals surface area (Å²) in [4.78, 5) is 22.0. The Kier molecular flexibility index (Phi) is 5.72. The zero-order chi connectivity index (χ0) is 22.9. The largest absolute Gasteiger partial charge is 0.396 e. The quantitative estimate of drug-likeness (QED) is 0.354. The molecule has 5 rings (SSSR count). The van der Waals surface area contributed by atoms with Gasteiger partial charge >= 0.3 is 0 Å². The first-order chi connectivity index (χ1) is 16.0. The lowest BCUT2D eigenvalue weighted by Gasteiger charge is -2.13. The molecule has 1 fully saturated rings. The van der Waals surface area contributed by atoms with Crippen LogP contribution in [0.2, 0.25) is 0 Å². The maximum Gasteiger partial charge on any atom is 0.251 e. The van der Waals surface area contributed by atoms with Crippen LogP contribution in [0.1, 0.15) is 47.2 Å². The summed E-state index contributed by atoms with van der Waals surface area (Å²) in [5.41, 5.74) is 7.65. The minimum Gasteiger partial charge on any atom is -0.396 e. The maximum absolute atomic E-state index is 12.4. The van der Waals surface area contributed by atoms with Crippen molar-refractivity contribution in [3.63, 3.8) is 0 Å². The molecule has 0 aliphatic heterocycles. The van der Waals surface area contributed by atoms with Gasteiger partial charge in [-0.05, 0) is 74.9 Å². The number of aliphatic hydroxyl groups is 1. The molecule has 3 N–H and O–H groups in total. The number of hydrogen-bond acceptors (Lipinski definition) is 5. The van der Waals surface area contributed by atoms with Crippen molar-refractivity contribution in [1.29, 1.82) is 0 Å². The van der Waals surface area contributed by atoms with Crippen LogP contribution in [0, 0.1) is 13.8 Å². The Morgan fingerprint density at radius 3 is 2.61 bits per heavy atom. The second kappa shape index (κ2) is 8.83. The number of anilines is 1. The van der Waals surface area contributed by atoms with Crippen LogP contribution in [0.3, 0.4) is 0 Å². The molecule has 0 saturated heterocycles. The number of carbonyl (C=O) groups is 1. The number of aryl methyl sites for hydroxylation is 2. The zero-order valence-electron chi connectivity index (χ0n) is 19.1. The Morgan fingerprint density at radius 1 is 1.12 bits per heavy atom. The summed E-state index contributed by atoms with van der Waals surface area (Å²) in [5, 5.41) is 15.5. The van der Waals surface area contributed by atoms with Crippen molar-refractivity contribution in [3.05, 3.63) is 59.3 Å². The fourth-order valence-electron chi connectivity index (χ4n) is 4.04. The number of unbranched alkanes of at least 4 members (excludes halogenated alkanes) is 1. The van der Waals surface area contributed by atoms with Gasteiger partial charge in [0.1, 0.15) is 0 Å². The van der Waals surface area contributed by atoms with Crippen LogP contribution in [0.25, 0.3) is 27.9 Å². The highest BCUT2D eigenvalue weighted by atomic mass is 16.2. The number of nitrogens with one attached hydrogen (secondary N) is 2. The van der Waals surface area contributed by atoms with Gasteiger partial charge in [-0.25, -0.2) is 9.97 Å². The third-order valence-corrected chi connectivity index (χ3v) is 6.27. The Bertz CT molecular complexity index is 1320. The fourth-order valence-corrected chi connectivity index (χ4v) is 4.04. The minimum atomic E-state index is -0.0164. The highest BCUT2D eigenvalue weighted by molar-refractivity contribution is 5.95. The summed E-state index contributed by atoms with van der Waals surface area (Å²) in [6, 6.07) is 12.3. The highest BCUT2D eigenvalue weighted by Gasteiger charge is 2.24. The average Bonchev–Trinajstić information content (AvgIpc) is 3.52. The number of carbonyl (C=O) groups excluding carboxylic acids is 1. The van der Waals surface area contributed by atoms with Gasteiger partial charge in [0.15, 0.2) is 11.5 Å². The van der Waals surface area contributed by atoms with Crippen molar-refractivity contribution in [2.45, 2.75) is 45.6 Å². The second-order valence-electron chi connectivity index (χ2n) is 8.87. The van der Waals surface area contributed by atoms with E-state index in [9.17, 15) is 4.79 Å². The Hall–Kier alpha value is -3.45. The molecule has 1 aliphatic rings. The number of benzene rings is 2. The number of rotatable bonds is 8. The van der Waals surface area contributed by atoms with Crippen LogP contribution in [-0.2, 0) is 0 Å². The molecular formula is C26H29N5O2. The summed E-state index contributed by atoms with van der Waals surface area (Å²) in [7, 11) is 0. The normalized spacial score (nSPS) is 13.5. The SMILES string of the molecule is Cc1cc2nc(NCCCCO)c3ncc(-c4ccc(C(=O)NC5CC5)cc4)n3c2cc1C. The van der Waals surface area contributed by atoms with Gasteiger partial charge in [0.25, 0.3) is 5.91 Å². The lowest BCUT2D eigenvalue weighted by Crippen LogP contribution is -2.25. The fraction of sp³-hybridized carbons (Fsp3) is 0.346. The average molecular weight is 444 g/mol. The molecule has 0 spiro atoms. The first kappa shape index (κ1) is 21.4. The lowest BCUT2D eigenvalue weighted by molar-refractivity contribution is 0.0951. The summed E-state index contributed by atoms with van der Waals surface area (Å²) < 4.78 is 2.14. The van der Waals surface area contributed by atoms with E-state index in [1.54, 1.807) is 0 Å². The van der Waals surface area contributed by atoms with Crippen molar-refractivity contribution in [2.24, 2.45) is 0 Å². The molecule has 7 heteroatoms. The number of fused-ring (bicyclic) bond motifs is 3. The van der Waals surface area contributed by atoms with Crippen LogP contribution >= 0.6 is 0 Å². The van der Waals surface area contributed by atoms with E-state index in [1.165, 1.54) is 11.1 Å². The van der Waals surface area contributed by atoms with E-state index in [-0.39, 0.29) is 12.5 Å². The van der Waals surface area contributed by atoms with Gasteiger partial charge in [-0.1, -0.05) is 12.1 Å². The predicted molar refractivity (Wildman–Crippen MR) is 131 cm³/mol. The number of nitrogens with zero attached hydrogens (tertiary/aromatic N) is 3. The van der Waals surface area contributed by atoms with Crippen LogP contribution in [0.15, 0.2) is 42.6 Å². The minimum absolute atomic E-state index is 0.0164. The molecule has 1 amide bonds. The molecule has 2 heterocycles. The number of amides is 1. The number of aliphatic hydroxyl groups excluding tert-OH is 1. The number of hydrogen-bond donors (Lipinski definition) is 3. The van der Waals surface area contributed by atoms with E-state index in [0.29, 0.717) is 18.2 Å². The molecule has 0 atom stereocenters. The van der Waals surface area contributed by atoms with E-state index < -0.39 is 0 Å². The standard InChI is InChI=1S/C26H29N5O2/c1-16-13-21-22(14-17(16)2)31-23(15-28-25(31)24(30-21)27-11-3-4-12-32)18-5-7-19(8-6-18)26(33)29-20-9-10-20/h5-8,13-15,20,32H,3-4,9-12H2,1-2H3,(H,27,30)(H,29,33). The maximum atomic E-state index is 12.4. The molecule has 170 valence electrons. The number of aromatic nitrogens is 3. The van der Waals surface area contributed by atoms with E-state index in [4.69, 9.17) is 15.1 Å². The molecular weight excluding hydrogens is 414 g/mol. The van der Waals surface area contributed by atoms with Gasteiger partial charge < -0.3 is 15.7 Å². The van der Waals surface area contributed by atoms with Crippen molar-refractivity contribution in [3.8, 4) is 11.3 Å². The third-order valence-electron chi connectivity index (χ3n) is 6.27. The molecule has 7 nitrogen and oxygen atoms in total. The van der Waals surface area contributed by atoms with Gasteiger partial charge in [0.05, 0.1) is 22.9 Å². The van der Waals surface area contributed by atoms with Gasteiger partial charge in [0, 0.05) is 30.3 Å². The summed E-state index contributed by atoms with van der Waals surface area (Å²) in [6.45, 7) is 5.09. The topological polar surface area (TPSA) is 91.6 Å². The lowest BCUT2D eigenvalue weighted by atomic mass is 10.1. The summed E-state index contributed by atoms with van der Waals surface area (Å²) >= 11 is 0. The van der Waals surface area contributed by atoms with Crippen LogP contribution in [-0.4, -0.2) is 44.6 Å². The Balaban J connectivity index is 1.58. The molecule has 2 aromatic heterocycles. The first-order valence-corrected chi connectivity index (χ1v) is 11.6. The number of imidazole rings is 1. The van der Waals surface area contributed by atoms with Crippen molar-refractivity contribution in [2.75, 3.05) is 18.5 Å². The smallest absolute Gasteiger partial charge is 0.251 e. The second-order valence-corrected chi connectivity index (χ2v) is 8.87. The molecule has 1 aliphatic carbocycles. The summed E-state index contributed by atoms with van der Waals surface area (Å²) in [6.07, 6.45) is 5.61. The van der Waals surface area contributed by atoms with Gasteiger partial charge in [-0.15, -0.1) is 0 Å². The van der Waals surface area contributed by atoms with E-state index in [2.05, 4.69) is 41.0 Å². The molecule has 2 aromatic carbocycles. The van der Waals surface area contributed by atoms with Gasteiger partial charge in [-0.3, -0.25) is 9.20 Å². The molecule has 1 saturated carbocycles. The molecule has 0 unspecified atom stereocenters. The predicted octanol–water partition coefficient (Wildman–Crippen LogP) is 4.24. The van der Waals surface area contributed by atoms with Gasteiger partial charge in [0.2, 0.25) is 0 Å². The summed E-state index contributed by atoms with van der Waals surface area (Å²) in [5.74, 6) is 0.715. The molecule has 4 aromatic rings. The Morgan fingerprint density at radius 2 is 1.88 bits per heavy atom. The van der Waals surface area contributed by atoms with Crippen molar-refractivity contribution >= 4 is 28.4 Å². The molecule has 0 bridgehead atoms. The monoisotopic (exact) mass is 443 g/mol. The van der Waals surface area contributed by atoms with Crippen molar-refractivity contribution < 1.29 is 9.90 Å². The van der Waals surface area contributed by atoms with E-state index >= 15 is 0 Å². The van der Waals surface area contributed by atoms with E-state index in [1.807, 2.05) is 30.5 Å². The molecule has 33 heavy (non-hydrogen) atoms. The Labute approximate surface area is 192 Å². The van der Waals surface area contributed by atoms with E-state index in [0.717, 1.165) is 59.4 Å². The highest BCUT2D eigenvalue weighted by Crippen LogP contribution is 2.30. The molecule has 0 radical (unpaired) electrons. The third kappa shape index (κ3) is 4.28. The van der Waals surface area contributed by atoms with Gasteiger partial charge in [-0.2, -0.15) is 0 Å².